The Hall–Kier alpha value is -3.49. The number of ether oxygens (including phenoxy) is 1. The second kappa shape index (κ2) is 7.40. The van der Waals surface area contributed by atoms with Crippen LogP contribution >= 0.6 is 0 Å². The summed E-state index contributed by atoms with van der Waals surface area (Å²) in [7, 11) is 1.38. The van der Waals surface area contributed by atoms with Crippen LogP contribution in [0.4, 0.5) is 21.5 Å². The van der Waals surface area contributed by atoms with Gasteiger partial charge in [-0.2, -0.15) is 0 Å². The number of hydrogen-bond donors (Lipinski definition) is 1. The third-order valence-corrected chi connectivity index (χ3v) is 4.29. The number of nitro groups is 1. The van der Waals surface area contributed by atoms with Crippen molar-refractivity contribution in [2.75, 3.05) is 23.9 Å². The average Bonchev–Trinajstić information content (AvgIpc) is 3.04. The standard InChI is InChI=1S/C18H16FN3O5/c1-27-16-7-6-14(22(25)26)9-15(16)20-18(24)11-8-17(23)21(10-11)13-4-2-12(19)3-5-13/h2-7,9,11H,8,10H2,1H3,(H,20,24)/t11-/m1/s1. The third-order valence-electron chi connectivity index (χ3n) is 4.29. The molecule has 0 unspecified atom stereocenters. The molecule has 1 aliphatic rings. The molecular formula is C18H16FN3O5. The van der Waals surface area contributed by atoms with Gasteiger partial charge in [0.15, 0.2) is 0 Å². The summed E-state index contributed by atoms with van der Waals surface area (Å²) in [5.41, 5.74) is 0.468. The third kappa shape index (κ3) is 3.86. The van der Waals surface area contributed by atoms with Crippen molar-refractivity contribution in [2.45, 2.75) is 6.42 Å². The predicted molar refractivity (Wildman–Crippen MR) is 95.1 cm³/mol. The lowest BCUT2D eigenvalue weighted by atomic mass is 10.1. The molecule has 140 valence electrons. The molecule has 0 radical (unpaired) electrons. The van der Waals surface area contributed by atoms with Crippen molar-refractivity contribution in [1.82, 2.24) is 0 Å². The first-order valence-electron chi connectivity index (χ1n) is 8.08. The number of non-ortho nitro benzene ring substituents is 1. The molecule has 3 rings (SSSR count). The van der Waals surface area contributed by atoms with E-state index in [0.717, 1.165) is 0 Å². The summed E-state index contributed by atoms with van der Waals surface area (Å²) in [5, 5.41) is 13.5. The van der Waals surface area contributed by atoms with Crippen LogP contribution in [0.2, 0.25) is 0 Å². The van der Waals surface area contributed by atoms with Gasteiger partial charge in [-0.15, -0.1) is 0 Å². The summed E-state index contributed by atoms with van der Waals surface area (Å²) in [6.45, 7) is 0.132. The average molecular weight is 373 g/mol. The van der Waals surface area contributed by atoms with Crippen LogP contribution in [0.5, 0.6) is 5.75 Å². The number of nitrogens with one attached hydrogen (secondary N) is 1. The number of carbonyl (C=O) groups excluding carboxylic acids is 2. The Labute approximate surface area is 153 Å². The van der Waals surface area contributed by atoms with Gasteiger partial charge in [0, 0.05) is 30.8 Å². The maximum atomic E-state index is 13.1. The number of amides is 2. The van der Waals surface area contributed by atoms with Crippen molar-refractivity contribution in [1.29, 1.82) is 0 Å². The molecule has 2 aromatic rings. The molecule has 9 heteroatoms. The van der Waals surface area contributed by atoms with Crippen LogP contribution in [0, 0.1) is 21.8 Å². The molecule has 1 saturated heterocycles. The van der Waals surface area contributed by atoms with E-state index in [0.29, 0.717) is 5.69 Å². The number of hydrogen-bond acceptors (Lipinski definition) is 5. The van der Waals surface area contributed by atoms with Crippen molar-refractivity contribution in [3.05, 3.63) is 58.4 Å². The van der Waals surface area contributed by atoms with Crippen LogP contribution in [-0.4, -0.2) is 30.4 Å². The van der Waals surface area contributed by atoms with Crippen molar-refractivity contribution in [2.24, 2.45) is 5.92 Å². The molecule has 0 saturated carbocycles. The summed E-state index contributed by atoms with van der Waals surface area (Å²) in [6, 6.07) is 9.27. The highest BCUT2D eigenvalue weighted by Gasteiger charge is 2.35. The summed E-state index contributed by atoms with van der Waals surface area (Å²) >= 11 is 0. The lowest BCUT2D eigenvalue weighted by molar-refractivity contribution is -0.384. The van der Waals surface area contributed by atoms with Crippen LogP contribution in [-0.2, 0) is 9.59 Å². The Morgan fingerprint density at radius 1 is 1.30 bits per heavy atom. The number of nitro benzene ring substituents is 1. The maximum absolute atomic E-state index is 13.1. The van der Waals surface area contributed by atoms with Crippen LogP contribution in [0.3, 0.4) is 0 Å². The zero-order valence-corrected chi connectivity index (χ0v) is 14.3. The molecule has 1 N–H and O–H groups in total. The molecule has 2 amide bonds. The van der Waals surface area contributed by atoms with Crippen LogP contribution < -0.4 is 15.0 Å². The predicted octanol–water partition coefficient (Wildman–Crippen LogP) is 2.73. The van der Waals surface area contributed by atoms with Gasteiger partial charge in [0.05, 0.1) is 23.6 Å². The van der Waals surface area contributed by atoms with Crippen LogP contribution in [0.25, 0.3) is 0 Å². The monoisotopic (exact) mass is 373 g/mol. The Bertz CT molecular complexity index is 900. The molecule has 0 bridgehead atoms. The molecule has 8 nitrogen and oxygen atoms in total. The van der Waals surface area contributed by atoms with E-state index in [1.54, 1.807) is 0 Å². The number of benzene rings is 2. The summed E-state index contributed by atoms with van der Waals surface area (Å²) in [5.74, 6) is -1.50. The minimum atomic E-state index is -0.647. The number of carbonyl (C=O) groups is 2. The molecule has 1 heterocycles. The van der Waals surface area contributed by atoms with Gasteiger partial charge in [0.2, 0.25) is 11.8 Å². The maximum Gasteiger partial charge on any atom is 0.271 e. The van der Waals surface area contributed by atoms with Gasteiger partial charge >= 0.3 is 0 Å². The first-order chi connectivity index (χ1) is 12.9. The van der Waals surface area contributed by atoms with Gasteiger partial charge < -0.3 is 15.0 Å². The van der Waals surface area contributed by atoms with Gasteiger partial charge in [-0.3, -0.25) is 19.7 Å². The Morgan fingerprint density at radius 2 is 2.00 bits per heavy atom. The zero-order chi connectivity index (χ0) is 19.6. The van der Waals surface area contributed by atoms with E-state index in [4.69, 9.17) is 4.74 Å². The normalized spacial score (nSPS) is 16.3. The highest BCUT2D eigenvalue weighted by Crippen LogP contribution is 2.31. The lowest BCUT2D eigenvalue weighted by Crippen LogP contribution is -2.28. The van der Waals surface area contributed by atoms with Crippen molar-refractivity contribution >= 4 is 28.9 Å². The smallest absolute Gasteiger partial charge is 0.271 e. The quantitative estimate of drug-likeness (QED) is 0.641. The number of nitrogens with zero attached hydrogens (tertiary/aromatic N) is 2. The van der Waals surface area contributed by atoms with E-state index in [9.17, 15) is 24.1 Å². The van der Waals surface area contributed by atoms with Gasteiger partial charge in [0.25, 0.3) is 5.69 Å². The van der Waals surface area contributed by atoms with Gasteiger partial charge in [-0.25, -0.2) is 4.39 Å². The lowest BCUT2D eigenvalue weighted by Gasteiger charge is -2.17. The Kier molecular flexibility index (Phi) is 5.02. The first-order valence-corrected chi connectivity index (χ1v) is 8.08. The van der Waals surface area contributed by atoms with Crippen LogP contribution in [0.15, 0.2) is 42.5 Å². The minimum absolute atomic E-state index is 0.0134. The fourth-order valence-corrected chi connectivity index (χ4v) is 2.90. The molecule has 0 aromatic heterocycles. The molecule has 0 spiro atoms. The summed E-state index contributed by atoms with van der Waals surface area (Å²) < 4.78 is 18.2. The van der Waals surface area contributed by atoms with Gasteiger partial charge in [0.1, 0.15) is 11.6 Å². The minimum Gasteiger partial charge on any atom is -0.495 e. The van der Waals surface area contributed by atoms with Crippen molar-refractivity contribution in [3.63, 3.8) is 0 Å². The molecule has 0 aliphatic carbocycles. The number of rotatable bonds is 5. The van der Waals surface area contributed by atoms with E-state index in [-0.39, 0.29) is 36.0 Å². The largest absolute Gasteiger partial charge is 0.495 e. The highest BCUT2D eigenvalue weighted by atomic mass is 19.1. The van der Waals surface area contributed by atoms with E-state index in [1.807, 2.05) is 0 Å². The Morgan fingerprint density at radius 3 is 2.63 bits per heavy atom. The number of methoxy groups -OCH3 is 1. The van der Waals surface area contributed by atoms with Gasteiger partial charge in [-0.1, -0.05) is 0 Å². The van der Waals surface area contributed by atoms with E-state index < -0.39 is 22.6 Å². The van der Waals surface area contributed by atoms with E-state index >= 15 is 0 Å². The molecule has 27 heavy (non-hydrogen) atoms. The zero-order valence-electron chi connectivity index (χ0n) is 14.3. The van der Waals surface area contributed by atoms with E-state index in [1.165, 1.54) is 54.5 Å². The van der Waals surface area contributed by atoms with Crippen molar-refractivity contribution in [3.8, 4) is 5.75 Å². The molecule has 1 fully saturated rings. The second-order valence-electron chi connectivity index (χ2n) is 6.01. The topological polar surface area (TPSA) is 102 Å². The molecule has 2 aromatic carbocycles. The van der Waals surface area contributed by atoms with Gasteiger partial charge in [-0.05, 0) is 30.3 Å². The summed E-state index contributed by atoms with van der Waals surface area (Å²) in [6.07, 6.45) is -0.0134. The highest BCUT2D eigenvalue weighted by molar-refractivity contribution is 6.04. The Balaban J connectivity index is 1.75. The SMILES string of the molecule is COc1ccc([N+](=O)[O-])cc1NC(=O)[C@@H]1CC(=O)N(c2ccc(F)cc2)C1. The number of anilines is 2. The fourth-order valence-electron chi connectivity index (χ4n) is 2.90. The molecular weight excluding hydrogens is 357 g/mol. The fraction of sp³-hybridized carbons (Fsp3) is 0.222. The first kappa shape index (κ1) is 18.3. The van der Waals surface area contributed by atoms with E-state index in [2.05, 4.69) is 5.32 Å². The van der Waals surface area contributed by atoms with Crippen LogP contribution in [0.1, 0.15) is 6.42 Å². The molecule has 1 atom stereocenters. The summed E-state index contributed by atoms with van der Waals surface area (Å²) in [4.78, 5) is 36.6. The second-order valence-corrected chi connectivity index (χ2v) is 6.01. The molecule has 1 aliphatic heterocycles. The van der Waals surface area contributed by atoms with Crippen molar-refractivity contribution < 1.29 is 23.6 Å². The number of halogens is 1.